The number of nitrogens with one attached hydrogen (secondary N) is 1. The topological polar surface area (TPSA) is 81.9 Å². The van der Waals surface area contributed by atoms with E-state index in [1.165, 1.54) is 12.8 Å². The average Bonchev–Trinajstić information content (AvgIpc) is 3.15. The second kappa shape index (κ2) is 5.14. The van der Waals surface area contributed by atoms with Crippen LogP contribution < -0.4 is 11.1 Å². The van der Waals surface area contributed by atoms with Gasteiger partial charge in [-0.3, -0.25) is 0 Å². The Morgan fingerprint density at radius 2 is 2.27 bits per heavy atom. The number of nitrogens with zero attached hydrogens (tertiary/aromatic N) is 3. The summed E-state index contributed by atoms with van der Waals surface area (Å²) in [4.78, 5) is 8.86. The highest BCUT2D eigenvalue weighted by Gasteiger charge is 2.19. The average molecular weight is 297 g/mol. The Kier molecular flexibility index (Phi) is 3.11. The Bertz CT molecular complexity index is 813. The summed E-state index contributed by atoms with van der Waals surface area (Å²) >= 11 is 0. The fraction of sp³-hybridized carbons (Fsp3) is 0.375. The van der Waals surface area contributed by atoms with Crippen LogP contribution in [0.15, 0.2) is 29.1 Å². The van der Waals surface area contributed by atoms with Crippen LogP contribution in [-0.2, 0) is 0 Å². The first kappa shape index (κ1) is 13.3. The van der Waals surface area contributed by atoms with E-state index in [-0.39, 0.29) is 0 Å². The van der Waals surface area contributed by atoms with E-state index in [0.717, 1.165) is 35.4 Å². The van der Waals surface area contributed by atoms with Crippen LogP contribution in [-0.4, -0.2) is 27.6 Å². The summed E-state index contributed by atoms with van der Waals surface area (Å²) in [5.74, 6) is 1.29. The van der Waals surface area contributed by atoms with Gasteiger partial charge in [0.1, 0.15) is 11.4 Å². The maximum absolute atomic E-state index is 6.33. The number of rotatable bonds is 2. The lowest BCUT2D eigenvalue weighted by atomic mass is 10.1. The van der Waals surface area contributed by atoms with Crippen molar-refractivity contribution >= 4 is 16.7 Å². The van der Waals surface area contributed by atoms with Gasteiger partial charge in [-0.2, -0.15) is 0 Å². The van der Waals surface area contributed by atoms with Crippen LogP contribution in [0.25, 0.3) is 22.5 Å². The third-order valence-electron chi connectivity index (χ3n) is 4.30. The van der Waals surface area contributed by atoms with E-state index in [1.807, 2.05) is 13.0 Å². The number of oxazole rings is 1. The molecule has 0 saturated carbocycles. The van der Waals surface area contributed by atoms with Crippen molar-refractivity contribution in [3.05, 3.63) is 30.4 Å². The number of pyridine rings is 1. The molecule has 3 aromatic rings. The molecule has 4 rings (SSSR count). The molecule has 1 atom stereocenters. The van der Waals surface area contributed by atoms with E-state index in [0.29, 0.717) is 17.6 Å². The highest BCUT2D eigenvalue weighted by atomic mass is 16.4. The standard InChI is InChI=1S/C16H19N5O/c1-10-7-20-16(22-10)13-9-19-15-12(14(13)17)4-6-21(15)11-3-2-5-18-8-11/h4,6-7,9,11,18H,2-3,5,8H2,1H3,(H2,17,19). The predicted octanol–water partition coefficient (Wildman–Crippen LogP) is 2.51. The van der Waals surface area contributed by atoms with Gasteiger partial charge in [0, 0.05) is 30.4 Å². The summed E-state index contributed by atoms with van der Waals surface area (Å²) < 4.78 is 7.80. The van der Waals surface area contributed by atoms with Gasteiger partial charge < -0.3 is 20.0 Å². The van der Waals surface area contributed by atoms with Crippen molar-refractivity contribution in [2.24, 2.45) is 0 Å². The zero-order chi connectivity index (χ0) is 15.1. The summed E-state index contributed by atoms with van der Waals surface area (Å²) in [6, 6.07) is 2.47. The number of hydrogen-bond acceptors (Lipinski definition) is 5. The van der Waals surface area contributed by atoms with Crippen LogP contribution in [0.2, 0.25) is 0 Å². The van der Waals surface area contributed by atoms with Gasteiger partial charge in [-0.05, 0) is 32.4 Å². The molecule has 0 spiro atoms. The summed E-state index contributed by atoms with van der Waals surface area (Å²) in [7, 11) is 0. The van der Waals surface area contributed by atoms with Gasteiger partial charge in [0.2, 0.25) is 5.89 Å². The molecule has 1 unspecified atom stereocenters. The van der Waals surface area contributed by atoms with Crippen molar-refractivity contribution in [3.63, 3.8) is 0 Å². The molecule has 1 saturated heterocycles. The minimum atomic E-state index is 0.438. The smallest absolute Gasteiger partial charge is 0.229 e. The van der Waals surface area contributed by atoms with Crippen molar-refractivity contribution in [2.75, 3.05) is 18.8 Å². The van der Waals surface area contributed by atoms with Crippen LogP contribution in [0.3, 0.4) is 0 Å². The maximum Gasteiger partial charge on any atom is 0.229 e. The zero-order valence-corrected chi connectivity index (χ0v) is 12.5. The lowest BCUT2D eigenvalue weighted by Gasteiger charge is -2.24. The van der Waals surface area contributed by atoms with Crippen LogP contribution in [0.5, 0.6) is 0 Å². The molecule has 3 aromatic heterocycles. The van der Waals surface area contributed by atoms with Crippen LogP contribution in [0, 0.1) is 6.92 Å². The normalized spacial score (nSPS) is 18.9. The number of hydrogen-bond donors (Lipinski definition) is 2. The van der Waals surface area contributed by atoms with Gasteiger partial charge in [0.25, 0.3) is 0 Å². The first-order valence-electron chi connectivity index (χ1n) is 7.62. The van der Waals surface area contributed by atoms with Gasteiger partial charge in [-0.1, -0.05) is 0 Å². The van der Waals surface area contributed by atoms with Gasteiger partial charge in [-0.15, -0.1) is 0 Å². The predicted molar refractivity (Wildman–Crippen MR) is 85.5 cm³/mol. The molecule has 3 N–H and O–H groups in total. The highest BCUT2D eigenvalue weighted by molar-refractivity contribution is 5.95. The second-order valence-electron chi connectivity index (χ2n) is 5.82. The molecule has 0 aliphatic carbocycles. The summed E-state index contributed by atoms with van der Waals surface area (Å²) in [6.45, 7) is 3.94. The Morgan fingerprint density at radius 1 is 1.36 bits per heavy atom. The summed E-state index contributed by atoms with van der Waals surface area (Å²) in [5.41, 5.74) is 8.69. The third kappa shape index (κ3) is 2.07. The van der Waals surface area contributed by atoms with Crippen molar-refractivity contribution in [1.29, 1.82) is 0 Å². The number of aromatic nitrogens is 3. The van der Waals surface area contributed by atoms with Gasteiger partial charge in [-0.25, -0.2) is 9.97 Å². The molecule has 6 nitrogen and oxygen atoms in total. The molecule has 0 aromatic carbocycles. The van der Waals surface area contributed by atoms with Crippen molar-refractivity contribution in [1.82, 2.24) is 19.9 Å². The Labute approximate surface area is 128 Å². The molecule has 0 amide bonds. The molecule has 1 aliphatic rings. The highest BCUT2D eigenvalue weighted by Crippen LogP contribution is 2.33. The van der Waals surface area contributed by atoms with Crippen molar-refractivity contribution in [2.45, 2.75) is 25.8 Å². The Balaban J connectivity index is 1.80. The van der Waals surface area contributed by atoms with E-state index < -0.39 is 0 Å². The molecule has 0 radical (unpaired) electrons. The molecule has 1 aliphatic heterocycles. The fourth-order valence-corrected chi connectivity index (χ4v) is 3.14. The summed E-state index contributed by atoms with van der Waals surface area (Å²) in [5, 5.41) is 4.39. The molecule has 6 heteroatoms. The number of anilines is 1. The minimum absolute atomic E-state index is 0.438. The van der Waals surface area contributed by atoms with Crippen LogP contribution >= 0.6 is 0 Å². The number of nitrogen functional groups attached to an aromatic ring is 1. The van der Waals surface area contributed by atoms with Gasteiger partial charge in [0.15, 0.2) is 0 Å². The third-order valence-corrected chi connectivity index (χ3v) is 4.30. The van der Waals surface area contributed by atoms with Gasteiger partial charge >= 0.3 is 0 Å². The molecule has 22 heavy (non-hydrogen) atoms. The fourth-order valence-electron chi connectivity index (χ4n) is 3.14. The molecule has 4 heterocycles. The lowest BCUT2D eigenvalue weighted by Crippen LogP contribution is -2.31. The maximum atomic E-state index is 6.33. The minimum Gasteiger partial charge on any atom is -0.441 e. The zero-order valence-electron chi connectivity index (χ0n) is 12.5. The first-order valence-corrected chi connectivity index (χ1v) is 7.62. The van der Waals surface area contributed by atoms with E-state index >= 15 is 0 Å². The molecule has 114 valence electrons. The molecular weight excluding hydrogens is 278 g/mol. The Morgan fingerprint density at radius 3 is 3.00 bits per heavy atom. The number of fused-ring (bicyclic) bond motifs is 1. The number of piperidine rings is 1. The Hall–Kier alpha value is -2.34. The lowest BCUT2D eigenvalue weighted by molar-refractivity contribution is 0.378. The largest absolute Gasteiger partial charge is 0.441 e. The number of nitrogens with two attached hydrogens (primary N) is 1. The van der Waals surface area contributed by atoms with E-state index in [1.54, 1.807) is 12.4 Å². The van der Waals surface area contributed by atoms with Crippen molar-refractivity contribution < 1.29 is 4.42 Å². The molecular formula is C16H19N5O. The summed E-state index contributed by atoms with van der Waals surface area (Å²) in [6.07, 6.45) is 7.89. The van der Waals surface area contributed by atoms with Crippen LogP contribution in [0.1, 0.15) is 24.6 Å². The van der Waals surface area contributed by atoms with Gasteiger partial charge in [0.05, 0.1) is 17.4 Å². The first-order chi connectivity index (χ1) is 10.7. The van der Waals surface area contributed by atoms with E-state index in [4.69, 9.17) is 10.2 Å². The quantitative estimate of drug-likeness (QED) is 0.759. The molecule has 0 bridgehead atoms. The number of aryl methyl sites for hydroxylation is 1. The van der Waals surface area contributed by atoms with Crippen molar-refractivity contribution in [3.8, 4) is 11.5 Å². The monoisotopic (exact) mass is 297 g/mol. The second-order valence-corrected chi connectivity index (χ2v) is 5.82. The SMILES string of the molecule is Cc1cnc(-c2cnc3c(ccn3C3CCCNC3)c2N)o1. The molecule has 1 fully saturated rings. The van der Waals surface area contributed by atoms with Crippen LogP contribution in [0.4, 0.5) is 5.69 Å². The van der Waals surface area contributed by atoms with E-state index in [2.05, 4.69) is 26.0 Å². The van der Waals surface area contributed by atoms with E-state index in [9.17, 15) is 0 Å².